The summed E-state index contributed by atoms with van der Waals surface area (Å²) >= 11 is 6.93. The summed E-state index contributed by atoms with van der Waals surface area (Å²) in [5.74, 6) is -0.334. The zero-order valence-corrected chi connectivity index (χ0v) is 8.02. The van der Waals surface area contributed by atoms with Crippen LogP contribution in [-0.2, 0) is 10.1 Å². The molecule has 0 aromatic carbocycles. The fourth-order valence-electron chi connectivity index (χ4n) is 0.184. The normalized spacial score (nSPS) is 12.4. The average molecular weight is 285 g/mol. The van der Waals surface area contributed by atoms with Crippen LogP contribution in [0.15, 0.2) is 0 Å². The Labute approximate surface area is 72.5 Å². The molecule has 0 saturated carbocycles. The Morgan fingerprint density at radius 1 is 1.67 bits per heavy atom. The van der Waals surface area contributed by atoms with E-state index in [1.807, 2.05) is 0 Å². The van der Waals surface area contributed by atoms with Crippen LogP contribution in [0.1, 0.15) is 0 Å². The van der Waals surface area contributed by atoms with E-state index in [4.69, 9.17) is 16.3 Å². The first-order chi connectivity index (χ1) is 3.92. The quantitative estimate of drug-likeness (QED) is 0.471. The fraction of sp³-hybridized carbons (Fsp3) is 1.00. The lowest BCUT2D eigenvalue weighted by Crippen LogP contribution is -2.13. The van der Waals surface area contributed by atoms with E-state index in [9.17, 15) is 8.42 Å². The van der Waals surface area contributed by atoms with E-state index >= 15 is 0 Å². The van der Waals surface area contributed by atoms with Crippen molar-refractivity contribution >= 4 is 44.8 Å². The first-order valence-electron chi connectivity index (χ1n) is 1.96. The highest BCUT2D eigenvalue weighted by molar-refractivity contribution is 14.1. The summed E-state index contributed by atoms with van der Waals surface area (Å²) in [5, 5.41) is 0. The van der Waals surface area contributed by atoms with E-state index in [1.54, 1.807) is 22.9 Å². The Morgan fingerprint density at radius 2 is 2.11 bits per heavy atom. The number of halogens is 2. The predicted octanol–water partition coefficient (Wildman–Crippen LogP) is 0.680. The summed E-state index contributed by atoms with van der Waals surface area (Å²) in [4.78, 5) is 0. The van der Waals surface area contributed by atoms with Crippen LogP contribution in [0.2, 0.25) is 0 Å². The summed E-state index contributed by atoms with van der Waals surface area (Å²) in [6.45, 7) is 0.112. The van der Waals surface area contributed by atoms with Gasteiger partial charge in [0.05, 0.1) is 5.75 Å². The maximum absolute atomic E-state index is 10.0. The Bertz CT molecular complexity index is 167. The van der Waals surface area contributed by atoms with E-state index < -0.39 is 10.1 Å². The van der Waals surface area contributed by atoms with Gasteiger partial charge in [-0.25, -0.2) is 0 Å². The van der Waals surface area contributed by atoms with Crippen molar-refractivity contribution in [2.75, 3.05) is 12.3 Å². The maximum Gasteiger partial charge on any atom is 0.266 e. The van der Waals surface area contributed by atoms with Gasteiger partial charge in [0.15, 0.2) is 0 Å². The standard InChI is InChI=1S/C2H5ClINO3S/c3-5(4)1-2-9(6,7)8/h1-2H2,(H,6,7,8). The van der Waals surface area contributed by atoms with Crippen molar-refractivity contribution in [2.24, 2.45) is 0 Å². The van der Waals surface area contributed by atoms with Gasteiger partial charge < -0.3 is 0 Å². The Hall–Kier alpha value is 0.890. The summed E-state index contributed by atoms with van der Waals surface area (Å²) in [7, 11) is -3.85. The molecule has 0 fully saturated rings. The van der Waals surface area contributed by atoms with Crippen LogP contribution in [-0.4, -0.2) is 27.9 Å². The molecule has 0 unspecified atom stereocenters. The molecule has 0 aliphatic heterocycles. The molecule has 0 aliphatic carbocycles. The molecule has 0 atom stereocenters. The van der Waals surface area contributed by atoms with Crippen LogP contribution >= 0.6 is 34.6 Å². The van der Waals surface area contributed by atoms with Crippen molar-refractivity contribution < 1.29 is 13.0 Å². The smallest absolute Gasteiger partial charge is 0.266 e. The first-order valence-corrected chi connectivity index (χ1v) is 4.87. The second-order valence-electron chi connectivity index (χ2n) is 1.31. The van der Waals surface area contributed by atoms with Gasteiger partial charge in [-0.3, -0.25) is 4.55 Å². The third-order valence-corrected chi connectivity index (χ3v) is 1.87. The van der Waals surface area contributed by atoms with Crippen LogP contribution in [0.3, 0.4) is 0 Å². The number of hydrogen-bond donors (Lipinski definition) is 1. The minimum atomic E-state index is -3.85. The maximum atomic E-state index is 10.0. The van der Waals surface area contributed by atoms with Gasteiger partial charge in [-0.1, -0.05) is 0 Å². The minimum Gasteiger partial charge on any atom is -0.286 e. The van der Waals surface area contributed by atoms with Crippen LogP contribution in [0.25, 0.3) is 0 Å². The summed E-state index contributed by atoms with van der Waals surface area (Å²) in [5.41, 5.74) is 0. The van der Waals surface area contributed by atoms with Crippen molar-refractivity contribution in [1.82, 2.24) is 2.63 Å². The number of hydrogen-bond acceptors (Lipinski definition) is 3. The van der Waals surface area contributed by atoms with Crippen molar-refractivity contribution in [2.45, 2.75) is 0 Å². The van der Waals surface area contributed by atoms with E-state index in [0.717, 1.165) is 2.63 Å². The van der Waals surface area contributed by atoms with Gasteiger partial charge in [0, 0.05) is 29.4 Å². The molecule has 0 aromatic heterocycles. The average Bonchev–Trinajstić information content (AvgIpc) is 1.59. The highest BCUT2D eigenvalue weighted by Gasteiger charge is 2.05. The molecular formula is C2H5ClINO3S. The van der Waals surface area contributed by atoms with E-state index in [-0.39, 0.29) is 12.3 Å². The number of nitrogens with zero attached hydrogens (tertiary/aromatic N) is 1. The molecule has 1 N–H and O–H groups in total. The lowest BCUT2D eigenvalue weighted by molar-refractivity contribution is 0.481. The molecule has 4 nitrogen and oxygen atoms in total. The van der Waals surface area contributed by atoms with Gasteiger partial charge in [-0.15, -0.1) is 0 Å². The third kappa shape index (κ3) is 8.89. The van der Waals surface area contributed by atoms with Gasteiger partial charge in [0.25, 0.3) is 10.1 Å². The molecular weight excluding hydrogens is 280 g/mol. The van der Waals surface area contributed by atoms with Gasteiger partial charge in [0.1, 0.15) is 0 Å². The number of rotatable bonds is 3. The van der Waals surface area contributed by atoms with Crippen LogP contribution < -0.4 is 0 Å². The van der Waals surface area contributed by atoms with Crippen molar-refractivity contribution in [1.29, 1.82) is 0 Å². The zero-order valence-electron chi connectivity index (χ0n) is 4.29. The lowest BCUT2D eigenvalue weighted by Gasteiger charge is -1.99. The molecule has 0 heterocycles. The highest BCUT2D eigenvalue weighted by atomic mass is 127. The van der Waals surface area contributed by atoms with Gasteiger partial charge in [-0.05, 0) is 11.8 Å². The molecule has 0 amide bonds. The van der Waals surface area contributed by atoms with Crippen molar-refractivity contribution in [3.05, 3.63) is 0 Å². The molecule has 7 heteroatoms. The fourth-order valence-corrected chi connectivity index (χ4v) is 1.35. The predicted molar refractivity (Wildman–Crippen MR) is 43.0 cm³/mol. The monoisotopic (exact) mass is 285 g/mol. The second kappa shape index (κ2) is 3.91. The van der Waals surface area contributed by atoms with E-state index in [0.29, 0.717) is 0 Å². The summed E-state index contributed by atoms with van der Waals surface area (Å²) in [6, 6.07) is 0. The Morgan fingerprint density at radius 3 is 2.22 bits per heavy atom. The SMILES string of the molecule is O=S(=O)(O)CCN(Cl)I. The van der Waals surface area contributed by atoms with Crippen LogP contribution in [0.4, 0.5) is 0 Å². The molecule has 9 heavy (non-hydrogen) atoms. The molecule has 56 valence electrons. The molecule has 0 aromatic rings. The molecule has 0 radical (unpaired) electrons. The van der Waals surface area contributed by atoms with Crippen LogP contribution in [0, 0.1) is 0 Å². The Balaban J connectivity index is 3.53. The van der Waals surface area contributed by atoms with Gasteiger partial charge in [-0.2, -0.15) is 11.1 Å². The van der Waals surface area contributed by atoms with E-state index in [1.165, 1.54) is 0 Å². The van der Waals surface area contributed by atoms with Crippen molar-refractivity contribution in [3.63, 3.8) is 0 Å². The highest BCUT2D eigenvalue weighted by Crippen LogP contribution is 2.01. The topological polar surface area (TPSA) is 57.6 Å². The third-order valence-electron chi connectivity index (χ3n) is 0.518. The minimum absolute atomic E-state index is 0.112. The molecule has 0 saturated heterocycles. The molecule has 0 bridgehead atoms. The second-order valence-corrected chi connectivity index (χ2v) is 5.03. The van der Waals surface area contributed by atoms with E-state index in [2.05, 4.69) is 0 Å². The van der Waals surface area contributed by atoms with Crippen LogP contribution in [0.5, 0.6) is 0 Å². The molecule has 0 spiro atoms. The van der Waals surface area contributed by atoms with Crippen molar-refractivity contribution in [3.8, 4) is 0 Å². The van der Waals surface area contributed by atoms with Gasteiger partial charge >= 0.3 is 0 Å². The molecule has 0 rings (SSSR count). The summed E-state index contributed by atoms with van der Waals surface area (Å²) in [6.07, 6.45) is 0. The van der Waals surface area contributed by atoms with Gasteiger partial charge in [0.2, 0.25) is 0 Å². The Kier molecular flexibility index (Phi) is 4.30. The first kappa shape index (κ1) is 9.89. The summed E-state index contributed by atoms with van der Waals surface area (Å²) < 4.78 is 29.3. The lowest BCUT2D eigenvalue weighted by atomic mass is 10.8. The largest absolute Gasteiger partial charge is 0.286 e. The molecule has 0 aliphatic rings. The zero-order chi connectivity index (χ0) is 7.49.